The molecule has 0 radical (unpaired) electrons. The van der Waals surface area contributed by atoms with Crippen LogP contribution in [0.5, 0.6) is 0 Å². The van der Waals surface area contributed by atoms with Crippen molar-refractivity contribution < 1.29 is 12.8 Å². The molecule has 1 aromatic carbocycles. The maximum atomic E-state index is 13.0. The number of nitrogens with one attached hydrogen (secondary N) is 1. The van der Waals surface area contributed by atoms with Crippen molar-refractivity contribution in [2.75, 3.05) is 25.1 Å². The first-order chi connectivity index (χ1) is 9.02. The van der Waals surface area contributed by atoms with Gasteiger partial charge in [-0.3, -0.25) is 0 Å². The Morgan fingerprint density at radius 1 is 1.37 bits per heavy atom. The molecule has 1 N–H and O–H groups in total. The summed E-state index contributed by atoms with van der Waals surface area (Å²) in [5.74, 6) is 0.538. The average Bonchev–Trinajstić information content (AvgIpc) is 2.36. The van der Waals surface area contributed by atoms with Crippen LogP contribution in [0.25, 0.3) is 0 Å². The minimum absolute atomic E-state index is 0.122. The molecule has 2 unspecified atom stereocenters. The lowest BCUT2D eigenvalue weighted by Crippen LogP contribution is -2.33. The number of hydrogen-bond donors (Lipinski definition) is 1. The highest BCUT2D eigenvalue weighted by molar-refractivity contribution is 7.91. The molecule has 2 rings (SSSR count). The zero-order valence-corrected chi connectivity index (χ0v) is 11.9. The predicted molar refractivity (Wildman–Crippen MR) is 74.4 cm³/mol. The molecule has 19 heavy (non-hydrogen) atoms. The van der Waals surface area contributed by atoms with E-state index >= 15 is 0 Å². The van der Waals surface area contributed by atoms with Gasteiger partial charge in [0.1, 0.15) is 5.82 Å². The third-order valence-corrected chi connectivity index (χ3v) is 5.64. The fraction of sp³-hybridized carbons (Fsp3) is 0.571. The molecule has 3 nitrogen and oxygen atoms in total. The maximum Gasteiger partial charge on any atom is 0.150 e. The molecule has 1 aromatic rings. The van der Waals surface area contributed by atoms with Crippen LogP contribution in [0.15, 0.2) is 24.3 Å². The molecule has 0 bridgehead atoms. The van der Waals surface area contributed by atoms with Crippen molar-refractivity contribution in [1.29, 1.82) is 0 Å². The van der Waals surface area contributed by atoms with E-state index in [-0.39, 0.29) is 23.4 Å². The Hall–Kier alpha value is -0.940. The van der Waals surface area contributed by atoms with Gasteiger partial charge < -0.3 is 5.32 Å². The Kier molecular flexibility index (Phi) is 4.58. The zero-order valence-electron chi connectivity index (χ0n) is 11.1. The van der Waals surface area contributed by atoms with E-state index in [0.717, 1.165) is 18.4 Å². The average molecular weight is 285 g/mol. The van der Waals surface area contributed by atoms with Crippen molar-refractivity contribution in [2.24, 2.45) is 5.92 Å². The zero-order chi connectivity index (χ0) is 13.9. The summed E-state index contributed by atoms with van der Waals surface area (Å²) in [6, 6.07) is 6.40. The lowest BCUT2D eigenvalue weighted by molar-refractivity contribution is 0.398. The van der Waals surface area contributed by atoms with Crippen LogP contribution in [0.2, 0.25) is 0 Å². The van der Waals surface area contributed by atoms with Crippen LogP contribution in [-0.4, -0.2) is 33.5 Å². The Balaban J connectivity index is 2.22. The van der Waals surface area contributed by atoms with Crippen molar-refractivity contribution >= 4 is 9.84 Å². The Morgan fingerprint density at radius 2 is 2.05 bits per heavy atom. The number of halogens is 1. The van der Waals surface area contributed by atoms with Gasteiger partial charge in [-0.05, 0) is 43.5 Å². The first-order valence-electron chi connectivity index (χ1n) is 6.62. The van der Waals surface area contributed by atoms with Crippen molar-refractivity contribution in [2.45, 2.75) is 18.8 Å². The quantitative estimate of drug-likeness (QED) is 0.920. The van der Waals surface area contributed by atoms with Crippen molar-refractivity contribution in [3.63, 3.8) is 0 Å². The van der Waals surface area contributed by atoms with Crippen molar-refractivity contribution in [1.82, 2.24) is 5.32 Å². The summed E-state index contributed by atoms with van der Waals surface area (Å²) in [5, 5.41) is 3.12. The third kappa shape index (κ3) is 3.76. The second-order valence-electron chi connectivity index (χ2n) is 5.23. The third-order valence-electron chi connectivity index (χ3n) is 3.79. The van der Waals surface area contributed by atoms with Crippen LogP contribution in [0.1, 0.15) is 24.3 Å². The fourth-order valence-electron chi connectivity index (χ4n) is 2.86. The SMILES string of the molecule is CNCC(c1ccc(F)cc1)C1CCCS(=O)(=O)C1. The lowest BCUT2D eigenvalue weighted by Gasteiger charge is -2.30. The molecule has 106 valence electrons. The number of hydrogen-bond acceptors (Lipinski definition) is 3. The van der Waals surface area contributed by atoms with Gasteiger partial charge in [0.15, 0.2) is 9.84 Å². The monoisotopic (exact) mass is 285 g/mol. The highest BCUT2D eigenvalue weighted by atomic mass is 32.2. The van der Waals surface area contributed by atoms with E-state index in [4.69, 9.17) is 0 Å². The van der Waals surface area contributed by atoms with Crippen LogP contribution in [0, 0.1) is 11.7 Å². The number of sulfone groups is 1. The van der Waals surface area contributed by atoms with E-state index < -0.39 is 9.84 Å². The molecule has 2 atom stereocenters. The lowest BCUT2D eigenvalue weighted by atomic mass is 9.84. The van der Waals surface area contributed by atoms with Gasteiger partial charge in [0.2, 0.25) is 0 Å². The standard InChI is InChI=1S/C14H20FNO2S/c1-16-9-14(11-4-6-13(15)7-5-11)12-3-2-8-19(17,18)10-12/h4-7,12,14,16H,2-3,8-10H2,1H3. The first kappa shape index (κ1) is 14.5. The Labute approximate surface area is 114 Å². The Bertz CT molecular complexity index is 513. The van der Waals surface area contributed by atoms with Gasteiger partial charge in [-0.1, -0.05) is 12.1 Å². The van der Waals surface area contributed by atoms with Gasteiger partial charge >= 0.3 is 0 Å². The van der Waals surface area contributed by atoms with E-state index in [1.807, 2.05) is 7.05 Å². The van der Waals surface area contributed by atoms with Crippen LogP contribution in [0.4, 0.5) is 4.39 Å². The molecule has 5 heteroatoms. The van der Waals surface area contributed by atoms with Crippen LogP contribution >= 0.6 is 0 Å². The largest absolute Gasteiger partial charge is 0.319 e. The highest BCUT2D eigenvalue weighted by Crippen LogP contribution is 2.32. The molecule has 1 saturated heterocycles. The van der Waals surface area contributed by atoms with E-state index in [9.17, 15) is 12.8 Å². The molecular formula is C14H20FNO2S. The minimum Gasteiger partial charge on any atom is -0.319 e. The molecule has 1 fully saturated rings. The van der Waals surface area contributed by atoms with Gasteiger partial charge in [0.25, 0.3) is 0 Å². The highest BCUT2D eigenvalue weighted by Gasteiger charge is 2.31. The summed E-state index contributed by atoms with van der Waals surface area (Å²) in [6.07, 6.45) is 1.65. The van der Waals surface area contributed by atoms with Gasteiger partial charge in [0.05, 0.1) is 11.5 Å². The van der Waals surface area contributed by atoms with E-state index in [0.29, 0.717) is 12.3 Å². The smallest absolute Gasteiger partial charge is 0.150 e. The van der Waals surface area contributed by atoms with Gasteiger partial charge in [-0.2, -0.15) is 0 Å². The molecular weight excluding hydrogens is 265 g/mol. The molecule has 0 saturated carbocycles. The van der Waals surface area contributed by atoms with E-state index in [1.165, 1.54) is 12.1 Å². The predicted octanol–water partition coefficient (Wildman–Crippen LogP) is 1.95. The Morgan fingerprint density at radius 3 is 2.63 bits per heavy atom. The van der Waals surface area contributed by atoms with Crippen molar-refractivity contribution in [3.05, 3.63) is 35.6 Å². The maximum absolute atomic E-state index is 13.0. The molecule has 0 spiro atoms. The number of likely N-dealkylation sites (N-methyl/N-ethyl adjacent to an activating group) is 1. The van der Waals surface area contributed by atoms with Gasteiger partial charge in [-0.15, -0.1) is 0 Å². The summed E-state index contributed by atoms with van der Waals surface area (Å²) < 4.78 is 36.5. The summed E-state index contributed by atoms with van der Waals surface area (Å²) in [5.41, 5.74) is 1.01. The van der Waals surface area contributed by atoms with Gasteiger partial charge in [0, 0.05) is 12.5 Å². The summed E-state index contributed by atoms with van der Waals surface area (Å²) in [4.78, 5) is 0. The van der Waals surface area contributed by atoms with Crippen molar-refractivity contribution in [3.8, 4) is 0 Å². The van der Waals surface area contributed by atoms with Crippen LogP contribution < -0.4 is 5.32 Å². The van der Waals surface area contributed by atoms with Crippen LogP contribution in [-0.2, 0) is 9.84 Å². The molecule has 0 aliphatic carbocycles. The molecule has 0 amide bonds. The number of benzene rings is 1. The fourth-order valence-corrected chi connectivity index (χ4v) is 4.69. The molecule has 1 aliphatic heterocycles. The van der Waals surface area contributed by atoms with Crippen LogP contribution in [0.3, 0.4) is 0 Å². The minimum atomic E-state index is -2.91. The molecule has 1 heterocycles. The van der Waals surface area contributed by atoms with E-state index in [1.54, 1.807) is 12.1 Å². The number of rotatable bonds is 4. The summed E-state index contributed by atoms with van der Waals surface area (Å²) in [7, 11) is -1.06. The normalized spacial score (nSPS) is 24.0. The van der Waals surface area contributed by atoms with Gasteiger partial charge in [-0.25, -0.2) is 12.8 Å². The molecule has 1 aliphatic rings. The van der Waals surface area contributed by atoms with E-state index in [2.05, 4.69) is 5.32 Å². The first-order valence-corrected chi connectivity index (χ1v) is 8.44. The topological polar surface area (TPSA) is 46.2 Å². The summed E-state index contributed by atoms with van der Waals surface area (Å²) in [6.45, 7) is 0.714. The second-order valence-corrected chi connectivity index (χ2v) is 7.46. The second kappa shape index (κ2) is 6.01. The summed E-state index contributed by atoms with van der Waals surface area (Å²) >= 11 is 0. The molecule has 0 aromatic heterocycles.